The van der Waals surface area contributed by atoms with E-state index in [1.807, 2.05) is 0 Å². The van der Waals surface area contributed by atoms with Crippen LogP contribution in [0.5, 0.6) is 0 Å². The van der Waals surface area contributed by atoms with Gasteiger partial charge in [-0.05, 0) is 13.3 Å². The molecule has 0 aliphatic rings. The Bertz CT molecular complexity index is 189. The van der Waals surface area contributed by atoms with Crippen LogP contribution in [-0.4, -0.2) is 23.0 Å². The number of amides is 1. The summed E-state index contributed by atoms with van der Waals surface area (Å²) in [5.41, 5.74) is 0. The SMILES string of the molecule is C=CCC(C)NC(=O)CC(=O)O. The summed E-state index contributed by atoms with van der Waals surface area (Å²) in [5.74, 6) is -1.57. The summed E-state index contributed by atoms with van der Waals surface area (Å²) >= 11 is 0. The molecular formula is C8H13NO3. The van der Waals surface area contributed by atoms with Crippen molar-refractivity contribution in [3.63, 3.8) is 0 Å². The highest BCUT2D eigenvalue weighted by Gasteiger charge is 2.09. The Morgan fingerprint density at radius 2 is 2.25 bits per heavy atom. The number of aliphatic carboxylic acids is 1. The van der Waals surface area contributed by atoms with Crippen LogP contribution in [0.1, 0.15) is 19.8 Å². The second-order valence-electron chi connectivity index (χ2n) is 2.56. The Kier molecular flexibility index (Phi) is 4.76. The van der Waals surface area contributed by atoms with Crippen LogP contribution < -0.4 is 5.32 Å². The van der Waals surface area contributed by atoms with Crippen molar-refractivity contribution in [3.05, 3.63) is 12.7 Å². The highest BCUT2D eigenvalue weighted by Crippen LogP contribution is 1.91. The van der Waals surface area contributed by atoms with Crippen LogP contribution in [0.3, 0.4) is 0 Å². The molecule has 0 saturated heterocycles. The normalized spacial score (nSPS) is 11.8. The number of nitrogens with one attached hydrogen (secondary N) is 1. The lowest BCUT2D eigenvalue weighted by Crippen LogP contribution is -2.33. The maximum absolute atomic E-state index is 10.8. The molecule has 1 amide bonds. The van der Waals surface area contributed by atoms with E-state index >= 15 is 0 Å². The van der Waals surface area contributed by atoms with Gasteiger partial charge >= 0.3 is 5.97 Å². The van der Waals surface area contributed by atoms with Crippen molar-refractivity contribution in [2.45, 2.75) is 25.8 Å². The number of carboxylic acids is 1. The molecule has 0 fully saturated rings. The van der Waals surface area contributed by atoms with Crippen LogP contribution >= 0.6 is 0 Å². The zero-order valence-electron chi connectivity index (χ0n) is 7.04. The predicted molar refractivity (Wildman–Crippen MR) is 44.7 cm³/mol. The van der Waals surface area contributed by atoms with E-state index in [4.69, 9.17) is 5.11 Å². The van der Waals surface area contributed by atoms with E-state index in [0.29, 0.717) is 6.42 Å². The average Bonchev–Trinajstić information content (AvgIpc) is 1.84. The topological polar surface area (TPSA) is 66.4 Å². The molecule has 4 nitrogen and oxygen atoms in total. The Labute approximate surface area is 71.3 Å². The molecule has 1 atom stereocenters. The van der Waals surface area contributed by atoms with Crippen molar-refractivity contribution in [1.82, 2.24) is 5.32 Å². The number of carboxylic acid groups (broad SMARTS) is 1. The summed E-state index contributed by atoms with van der Waals surface area (Å²) in [6.07, 6.45) is 1.85. The van der Waals surface area contributed by atoms with Crippen molar-refractivity contribution in [2.75, 3.05) is 0 Å². The molecule has 0 aliphatic carbocycles. The minimum atomic E-state index is -1.11. The Morgan fingerprint density at radius 3 is 2.67 bits per heavy atom. The molecule has 1 unspecified atom stereocenters. The van der Waals surface area contributed by atoms with Crippen LogP contribution in [0, 0.1) is 0 Å². The van der Waals surface area contributed by atoms with Gasteiger partial charge in [-0.1, -0.05) is 6.08 Å². The first-order valence-electron chi connectivity index (χ1n) is 3.68. The zero-order chi connectivity index (χ0) is 9.56. The van der Waals surface area contributed by atoms with Crippen LogP contribution in [0.2, 0.25) is 0 Å². The van der Waals surface area contributed by atoms with Gasteiger partial charge in [0.05, 0.1) is 0 Å². The van der Waals surface area contributed by atoms with Gasteiger partial charge in [0.1, 0.15) is 6.42 Å². The van der Waals surface area contributed by atoms with Crippen molar-refractivity contribution in [2.24, 2.45) is 0 Å². The summed E-state index contributed by atoms with van der Waals surface area (Å²) in [4.78, 5) is 20.9. The van der Waals surface area contributed by atoms with Crippen molar-refractivity contribution in [1.29, 1.82) is 0 Å². The van der Waals surface area contributed by atoms with Crippen molar-refractivity contribution >= 4 is 11.9 Å². The molecule has 0 aromatic heterocycles. The van der Waals surface area contributed by atoms with Crippen molar-refractivity contribution in [3.8, 4) is 0 Å². The predicted octanol–water partition coefficient (Wildman–Crippen LogP) is 0.542. The van der Waals surface area contributed by atoms with Gasteiger partial charge in [-0.25, -0.2) is 0 Å². The fourth-order valence-corrected chi connectivity index (χ4v) is 0.772. The van der Waals surface area contributed by atoms with E-state index in [-0.39, 0.29) is 6.04 Å². The summed E-state index contributed by atoms with van der Waals surface area (Å²) in [7, 11) is 0. The quantitative estimate of drug-likeness (QED) is 0.468. The lowest BCUT2D eigenvalue weighted by atomic mass is 10.2. The van der Waals surface area contributed by atoms with Crippen LogP contribution in [0.25, 0.3) is 0 Å². The van der Waals surface area contributed by atoms with Gasteiger partial charge in [0.15, 0.2) is 0 Å². The van der Waals surface area contributed by atoms with Crippen molar-refractivity contribution < 1.29 is 14.7 Å². The van der Waals surface area contributed by atoms with E-state index in [2.05, 4.69) is 11.9 Å². The molecule has 2 N–H and O–H groups in total. The van der Waals surface area contributed by atoms with E-state index in [1.54, 1.807) is 13.0 Å². The molecule has 0 rings (SSSR count). The third kappa shape index (κ3) is 5.46. The Morgan fingerprint density at radius 1 is 1.67 bits per heavy atom. The summed E-state index contributed by atoms with van der Waals surface area (Å²) in [5, 5.41) is 10.8. The fourth-order valence-electron chi connectivity index (χ4n) is 0.772. The maximum Gasteiger partial charge on any atom is 0.312 e. The van der Waals surface area contributed by atoms with Gasteiger partial charge in [0.2, 0.25) is 5.91 Å². The van der Waals surface area contributed by atoms with E-state index in [1.165, 1.54) is 0 Å². The second-order valence-corrected chi connectivity index (χ2v) is 2.56. The highest BCUT2D eigenvalue weighted by atomic mass is 16.4. The van der Waals surface area contributed by atoms with Crippen LogP contribution in [0.4, 0.5) is 0 Å². The first-order valence-corrected chi connectivity index (χ1v) is 3.68. The Hall–Kier alpha value is -1.32. The first-order chi connectivity index (χ1) is 5.56. The van der Waals surface area contributed by atoms with Gasteiger partial charge in [-0.3, -0.25) is 9.59 Å². The monoisotopic (exact) mass is 171 g/mol. The van der Waals surface area contributed by atoms with E-state index < -0.39 is 18.3 Å². The van der Waals surface area contributed by atoms with Gasteiger partial charge in [0.25, 0.3) is 0 Å². The molecule has 0 aromatic carbocycles. The highest BCUT2D eigenvalue weighted by molar-refractivity contribution is 5.93. The third-order valence-corrected chi connectivity index (χ3v) is 1.24. The molecule has 0 saturated carbocycles. The van der Waals surface area contributed by atoms with Gasteiger partial charge < -0.3 is 10.4 Å². The average molecular weight is 171 g/mol. The molecule has 4 heteroatoms. The molecule has 0 aromatic rings. The smallest absolute Gasteiger partial charge is 0.312 e. The molecule has 0 heterocycles. The minimum Gasteiger partial charge on any atom is -0.481 e. The zero-order valence-corrected chi connectivity index (χ0v) is 7.04. The molecule has 68 valence electrons. The molecule has 0 radical (unpaired) electrons. The number of rotatable bonds is 5. The molecule has 0 aliphatic heterocycles. The van der Waals surface area contributed by atoms with E-state index in [9.17, 15) is 9.59 Å². The summed E-state index contributed by atoms with van der Waals surface area (Å²) in [6, 6.07) is -0.0469. The summed E-state index contributed by atoms with van der Waals surface area (Å²) in [6.45, 7) is 5.29. The van der Waals surface area contributed by atoms with E-state index in [0.717, 1.165) is 0 Å². The maximum atomic E-state index is 10.8. The standard InChI is InChI=1S/C8H13NO3/c1-3-4-6(2)9-7(10)5-8(11)12/h3,6H,1,4-5H2,2H3,(H,9,10)(H,11,12). The van der Waals surface area contributed by atoms with Crippen LogP contribution in [0.15, 0.2) is 12.7 Å². The molecule has 0 bridgehead atoms. The Balaban J connectivity index is 3.68. The second kappa shape index (κ2) is 5.35. The van der Waals surface area contributed by atoms with Gasteiger partial charge in [-0.2, -0.15) is 0 Å². The molecular weight excluding hydrogens is 158 g/mol. The third-order valence-electron chi connectivity index (χ3n) is 1.24. The fraction of sp³-hybridized carbons (Fsp3) is 0.500. The number of hydrogen-bond acceptors (Lipinski definition) is 2. The lowest BCUT2D eigenvalue weighted by Gasteiger charge is -2.09. The largest absolute Gasteiger partial charge is 0.481 e. The van der Waals surface area contributed by atoms with Gasteiger partial charge in [-0.15, -0.1) is 6.58 Å². The number of hydrogen-bond donors (Lipinski definition) is 2. The molecule has 12 heavy (non-hydrogen) atoms. The lowest BCUT2D eigenvalue weighted by molar-refractivity contribution is -0.140. The minimum absolute atomic E-state index is 0.0469. The molecule has 0 spiro atoms. The first kappa shape index (κ1) is 10.7. The van der Waals surface area contributed by atoms with Crippen LogP contribution in [-0.2, 0) is 9.59 Å². The number of carbonyl (C=O) groups excluding carboxylic acids is 1. The van der Waals surface area contributed by atoms with Gasteiger partial charge in [0, 0.05) is 6.04 Å². The summed E-state index contributed by atoms with van der Waals surface area (Å²) < 4.78 is 0. The number of carbonyl (C=O) groups is 2.